The molecule has 0 aromatic heterocycles. The molecule has 1 aromatic rings. The molecule has 4 nitrogen and oxygen atoms in total. The fourth-order valence-electron chi connectivity index (χ4n) is 1.86. The summed E-state index contributed by atoms with van der Waals surface area (Å²) in [6.07, 6.45) is -0.252. The topological polar surface area (TPSA) is 49.8 Å². The Labute approximate surface area is 101 Å². The summed E-state index contributed by atoms with van der Waals surface area (Å²) < 4.78 is 5.19. The van der Waals surface area contributed by atoms with Gasteiger partial charge in [-0.15, -0.1) is 0 Å². The number of rotatable bonds is 3. The van der Waals surface area contributed by atoms with Crippen LogP contribution in [0.15, 0.2) is 24.3 Å². The molecule has 0 bridgehead atoms. The monoisotopic (exact) mass is 235 g/mol. The highest BCUT2D eigenvalue weighted by Crippen LogP contribution is 2.12. The van der Waals surface area contributed by atoms with Gasteiger partial charge in [0, 0.05) is 13.1 Å². The smallest absolute Gasteiger partial charge is 0.248 e. The third-order valence-corrected chi connectivity index (χ3v) is 2.92. The van der Waals surface area contributed by atoms with Gasteiger partial charge in [0.05, 0.1) is 12.7 Å². The molecule has 17 heavy (non-hydrogen) atoms. The summed E-state index contributed by atoms with van der Waals surface area (Å²) in [7, 11) is 0. The maximum Gasteiger partial charge on any atom is 0.248 e. The molecule has 1 atom stereocenters. The molecular weight excluding hydrogens is 218 g/mol. The van der Waals surface area contributed by atoms with Gasteiger partial charge in [0.25, 0.3) is 0 Å². The quantitative estimate of drug-likeness (QED) is 0.839. The second kappa shape index (κ2) is 5.29. The fraction of sp³-hybridized carbons (Fsp3) is 0.462. The molecule has 0 aliphatic carbocycles. The van der Waals surface area contributed by atoms with Gasteiger partial charge < -0.3 is 14.7 Å². The number of ether oxygens (including phenoxy) is 1. The Morgan fingerprint density at radius 1 is 1.41 bits per heavy atom. The summed E-state index contributed by atoms with van der Waals surface area (Å²) >= 11 is 0. The van der Waals surface area contributed by atoms with Crippen molar-refractivity contribution in [2.75, 3.05) is 19.8 Å². The minimum atomic E-state index is -0.252. The van der Waals surface area contributed by atoms with Gasteiger partial charge in [-0.2, -0.15) is 0 Å². The molecule has 1 unspecified atom stereocenters. The van der Waals surface area contributed by atoms with Crippen LogP contribution in [0.2, 0.25) is 0 Å². The van der Waals surface area contributed by atoms with E-state index in [0.29, 0.717) is 13.1 Å². The number of amides is 1. The van der Waals surface area contributed by atoms with Crippen molar-refractivity contribution in [3.8, 4) is 0 Å². The predicted molar refractivity (Wildman–Crippen MR) is 63.4 cm³/mol. The van der Waals surface area contributed by atoms with Crippen LogP contribution in [0.25, 0.3) is 0 Å². The number of carbonyl (C=O) groups is 1. The van der Waals surface area contributed by atoms with Crippen LogP contribution in [0.1, 0.15) is 11.1 Å². The van der Waals surface area contributed by atoms with Crippen LogP contribution < -0.4 is 0 Å². The molecule has 1 aliphatic heterocycles. The number of aliphatic hydroxyl groups is 1. The van der Waals surface area contributed by atoms with E-state index in [9.17, 15) is 4.79 Å². The average Bonchev–Trinajstić information content (AvgIpc) is 2.35. The molecule has 1 saturated heterocycles. The van der Waals surface area contributed by atoms with Crippen molar-refractivity contribution in [3.05, 3.63) is 35.4 Å². The van der Waals surface area contributed by atoms with Gasteiger partial charge in [0.2, 0.25) is 5.91 Å². The zero-order valence-electron chi connectivity index (χ0n) is 9.93. The van der Waals surface area contributed by atoms with E-state index in [1.54, 1.807) is 4.90 Å². The zero-order valence-corrected chi connectivity index (χ0v) is 9.93. The number of aliphatic hydroxyl groups excluding tert-OH is 1. The Balaban J connectivity index is 2.01. The van der Waals surface area contributed by atoms with E-state index in [-0.39, 0.29) is 25.2 Å². The summed E-state index contributed by atoms with van der Waals surface area (Å²) in [5.41, 5.74) is 2.30. The second-order valence-electron chi connectivity index (χ2n) is 4.38. The molecule has 1 aliphatic rings. The van der Waals surface area contributed by atoms with Gasteiger partial charge in [0.15, 0.2) is 0 Å². The minimum absolute atomic E-state index is 0.0183. The lowest BCUT2D eigenvalue weighted by Gasteiger charge is -2.31. The molecule has 92 valence electrons. The molecule has 1 heterocycles. The molecule has 0 spiro atoms. The van der Waals surface area contributed by atoms with Crippen LogP contribution in [-0.2, 0) is 16.1 Å². The number of nitrogens with zero attached hydrogens (tertiary/aromatic N) is 1. The molecule has 1 aromatic carbocycles. The Bertz CT molecular complexity index is 388. The Morgan fingerprint density at radius 2 is 2.12 bits per heavy atom. The van der Waals surface area contributed by atoms with Crippen LogP contribution in [0.3, 0.4) is 0 Å². The van der Waals surface area contributed by atoms with E-state index in [4.69, 9.17) is 9.84 Å². The standard InChI is InChI=1S/C13H17NO3/c1-10-2-4-11(5-3-10)6-14-7-12(8-15)17-9-13(14)16/h2-5,12,15H,6-9H2,1H3. The van der Waals surface area contributed by atoms with Crippen LogP contribution in [0, 0.1) is 6.92 Å². The van der Waals surface area contributed by atoms with Crippen LogP contribution in [0.4, 0.5) is 0 Å². The van der Waals surface area contributed by atoms with Crippen molar-refractivity contribution in [2.24, 2.45) is 0 Å². The SMILES string of the molecule is Cc1ccc(CN2CC(CO)OCC2=O)cc1. The van der Waals surface area contributed by atoms with E-state index in [2.05, 4.69) is 0 Å². The first-order chi connectivity index (χ1) is 8.19. The largest absolute Gasteiger partial charge is 0.394 e. The van der Waals surface area contributed by atoms with Crippen molar-refractivity contribution < 1.29 is 14.6 Å². The van der Waals surface area contributed by atoms with Gasteiger partial charge >= 0.3 is 0 Å². The number of aryl methyl sites for hydroxylation is 1. The maximum absolute atomic E-state index is 11.6. The number of hydrogen-bond acceptors (Lipinski definition) is 3. The number of morpholine rings is 1. The normalized spacial score (nSPS) is 20.7. The van der Waals surface area contributed by atoms with E-state index in [1.165, 1.54) is 5.56 Å². The summed E-state index contributed by atoms with van der Waals surface area (Å²) in [6.45, 7) is 3.10. The van der Waals surface area contributed by atoms with Crippen molar-refractivity contribution in [1.29, 1.82) is 0 Å². The highest BCUT2D eigenvalue weighted by Gasteiger charge is 2.25. The molecule has 1 N–H and O–H groups in total. The lowest BCUT2D eigenvalue weighted by Crippen LogP contribution is -2.47. The number of carbonyl (C=O) groups excluding carboxylic acids is 1. The second-order valence-corrected chi connectivity index (χ2v) is 4.38. The van der Waals surface area contributed by atoms with Crippen molar-refractivity contribution in [2.45, 2.75) is 19.6 Å². The average molecular weight is 235 g/mol. The molecule has 2 rings (SSSR count). The van der Waals surface area contributed by atoms with Gasteiger partial charge in [-0.3, -0.25) is 4.79 Å². The van der Waals surface area contributed by atoms with E-state index in [0.717, 1.165) is 5.56 Å². The Morgan fingerprint density at radius 3 is 2.76 bits per heavy atom. The van der Waals surface area contributed by atoms with Crippen LogP contribution >= 0.6 is 0 Å². The third-order valence-electron chi connectivity index (χ3n) is 2.92. The molecule has 1 amide bonds. The minimum Gasteiger partial charge on any atom is -0.394 e. The van der Waals surface area contributed by atoms with E-state index < -0.39 is 0 Å². The van der Waals surface area contributed by atoms with E-state index in [1.807, 2.05) is 31.2 Å². The molecule has 4 heteroatoms. The first-order valence-electron chi connectivity index (χ1n) is 5.75. The van der Waals surface area contributed by atoms with Gasteiger partial charge in [-0.05, 0) is 12.5 Å². The lowest BCUT2D eigenvalue weighted by molar-refractivity contribution is -0.151. The van der Waals surface area contributed by atoms with Crippen molar-refractivity contribution in [3.63, 3.8) is 0 Å². The van der Waals surface area contributed by atoms with E-state index >= 15 is 0 Å². The first-order valence-corrected chi connectivity index (χ1v) is 5.75. The van der Waals surface area contributed by atoms with Crippen LogP contribution in [-0.4, -0.2) is 41.8 Å². The lowest BCUT2D eigenvalue weighted by atomic mass is 10.1. The highest BCUT2D eigenvalue weighted by atomic mass is 16.5. The summed E-state index contributed by atoms with van der Waals surface area (Å²) in [5, 5.41) is 9.03. The Kier molecular flexibility index (Phi) is 3.76. The summed E-state index contributed by atoms with van der Waals surface area (Å²) in [5.74, 6) is -0.0183. The predicted octanol–water partition coefficient (Wildman–Crippen LogP) is 0.715. The first kappa shape index (κ1) is 12.1. The zero-order chi connectivity index (χ0) is 12.3. The molecule has 0 saturated carbocycles. The third kappa shape index (κ3) is 3.05. The van der Waals surface area contributed by atoms with Gasteiger partial charge in [-0.1, -0.05) is 29.8 Å². The Hall–Kier alpha value is -1.39. The summed E-state index contributed by atoms with van der Waals surface area (Å²) in [6, 6.07) is 8.10. The van der Waals surface area contributed by atoms with Gasteiger partial charge in [0.1, 0.15) is 6.61 Å². The molecule has 0 radical (unpaired) electrons. The van der Waals surface area contributed by atoms with Crippen molar-refractivity contribution in [1.82, 2.24) is 4.90 Å². The molecular formula is C13H17NO3. The van der Waals surface area contributed by atoms with Crippen molar-refractivity contribution >= 4 is 5.91 Å². The maximum atomic E-state index is 11.6. The fourth-order valence-corrected chi connectivity index (χ4v) is 1.86. The highest BCUT2D eigenvalue weighted by molar-refractivity contribution is 5.78. The summed E-state index contributed by atoms with van der Waals surface area (Å²) in [4.78, 5) is 13.4. The molecule has 1 fully saturated rings. The number of benzene rings is 1. The van der Waals surface area contributed by atoms with Gasteiger partial charge in [-0.25, -0.2) is 0 Å². The van der Waals surface area contributed by atoms with Crippen LogP contribution in [0.5, 0.6) is 0 Å². The number of hydrogen-bond donors (Lipinski definition) is 1.